The van der Waals surface area contributed by atoms with Crippen LogP contribution in [0.2, 0.25) is 5.02 Å². The van der Waals surface area contributed by atoms with Crippen LogP contribution in [0.1, 0.15) is 5.76 Å². The molecule has 0 aliphatic rings. The van der Waals surface area contributed by atoms with E-state index in [9.17, 15) is 14.9 Å². The molecule has 26 heavy (non-hydrogen) atoms. The smallest absolute Gasteiger partial charge is 0.271 e. The fourth-order valence-corrected chi connectivity index (χ4v) is 2.83. The Morgan fingerprint density at radius 3 is 3.00 bits per heavy atom. The summed E-state index contributed by atoms with van der Waals surface area (Å²) in [6.07, 6.45) is 1.54. The quantitative estimate of drug-likeness (QED) is 0.367. The largest absolute Gasteiger partial charge is 0.467 e. The standard InChI is InChI=1S/C14H11ClN6O4S/c15-11-4-3-9(21(23)24)6-12(11)16-13(22)8-26-14-17-18-19-20(14)7-10-2-1-5-25-10/h1-6H,7-8H2,(H,16,22). The van der Waals surface area contributed by atoms with Crippen LogP contribution in [0.5, 0.6) is 0 Å². The molecule has 0 aliphatic carbocycles. The zero-order valence-electron chi connectivity index (χ0n) is 13.0. The number of thioether (sulfide) groups is 1. The molecular formula is C14H11ClN6O4S. The third kappa shape index (κ3) is 4.37. The molecule has 0 unspecified atom stereocenters. The number of non-ortho nitro benzene ring substituents is 1. The number of halogens is 1. The number of nitrogens with zero attached hydrogens (tertiary/aromatic N) is 5. The van der Waals surface area contributed by atoms with Crippen molar-refractivity contribution in [3.05, 3.63) is 57.5 Å². The molecule has 2 heterocycles. The zero-order valence-corrected chi connectivity index (χ0v) is 14.6. The fourth-order valence-electron chi connectivity index (χ4n) is 1.99. The lowest BCUT2D eigenvalue weighted by molar-refractivity contribution is -0.384. The summed E-state index contributed by atoms with van der Waals surface area (Å²) in [6, 6.07) is 7.35. The van der Waals surface area contributed by atoms with E-state index >= 15 is 0 Å². The molecule has 0 bridgehead atoms. The molecule has 0 fully saturated rings. The van der Waals surface area contributed by atoms with E-state index < -0.39 is 10.8 Å². The van der Waals surface area contributed by atoms with Crippen molar-refractivity contribution >= 4 is 40.6 Å². The van der Waals surface area contributed by atoms with Crippen LogP contribution in [0.3, 0.4) is 0 Å². The molecule has 134 valence electrons. The van der Waals surface area contributed by atoms with E-state index in [1.54, 1.807) is 18.4 Å². The SMILES string of the molecule is O=C(CSc1nnnn1Cc1ccco1)Nc1cc([N+](=O)[O-])ccc1Cl. The number of rotatable bonds is 7. The third-order valence-corrected chi connectivity index (χ3v) is 4.44. The van der Waals surface area contributed by atoms with Crippen molar-refractivity contribution in [3.8, 4) is 0 Å². The number of nitro groups is 1. The van der Waals surface area contributed by atoms with Crippen molar-refractivity contribution in [2.75, 3.05) is 11.1 Å². The average molecular weight is 395 g/mol. The molecule has 10 nitrogen and oxygen atoms in total. The second kappa shape index (κ2) is 7.97. The van der Waals surface area contributed by atoms with E-state index in [4.69, 9.17) is 16.0 Å². The third-order valence-electron chi connectivity index (χ3n) is 3.15. The molecule has 0 spiro atoms. The van der Waals surface area contributed by atoms with Crippen LogP contribution >= 0.6 is 23.4 Å². The van der Waals surface area contributed by atoms with E-state index in [2.05, 4.69) is 20.8 Å². The number of benzene rings is 1. The number of hydrogen-bond acceptors (Lipinski definition) is 8. The van der Waals surface area contributed by atoms with Crippen molar-refractivity contribution in [1.82, 2.24) is 20.2 Å². The van der Waals surface area contributed by atoms with Crippen LogP contribution in [-0.2, 0) is 11.3 Å². The molecule has 3 rings (SSSR count). The van der Waals surface area contributed by atoms with Crippen LogP contribution in [0.4, 0.5) is 11.4 Å². The normalized spacial score (nSPS) is 10.7. The lowest BCUT2D eigenvalue weighted by Gasteiger charge is -2.07. The molecule has 1 amide bonds. The van der Waals surface area contributed by atoms with Crippen molar-refractivity contribution in [2.45, 2.75) is 11.7 Å². The van der Waals surface area contributed by atoms with Gasteiger partial charge in [-0.3, -0.25) is 14.9 Å². The first kappa shape index (κ1) is 17.9. The van der Waals surface area contributed by atoms with Crippen molar-refractivity contribution in [2.24, 2.45) is 0 Å². The van der Waals surface area contributed by atoms with E-state index in [1.165, 1.54) is 22.9 Å². The molecule has 0 saturated heterocycles. The van der Waals surface area contributed by atoms with Gasteiger partial charge < -0.3 is 9.73 Å². The van der Waals surface area contributed by atoms with Gasteiger partial charge in [-0.1, -0.05) is 23.4 Å². The average Bonchev–Trinajstić information content (AvgIpc) is 3.27. The molecule has 2 aromatic heterocycles. The lowest BCUT2D eigenvalue weighted by Crippen LogP contribution is -2.15. The summed E-state index contributed by atoms with van der Waals surface area (Å²) < 4.78 is 6.73. The molecule has 0 aliphatic heterocycles. The van der Waals surface area contributed by atoms with Gasteiger partial charge in [-0.05, 0) is 28.6 Å². The number of aromatic nitrogens is 4. The first-order valence-corrected chi connectivity index (χ1v) is 8.54. The maximum Gasteiger partial charge on any atom is 0.271 e. The Bertz CT molecular complexity index is 929. The molecule has 12 heteroatoms. The zero-order chi connectivity index (χ0) is 18.5. The Balaban J connectivity index is 1.61. The Morgan fingerprint density at radius 2 is 2.27 bits per heavy atom. The number of carbonyl (C=O) groups is 1. The molecule has 0 saturated carbocycles. The summed E-state index contributed by atoms with van der Waals surface area (Å²) in [6.45, 7) is 0.334. The first-order chi connectivity index (χ1) is 12.5. The minimum absolute atomic E-state index is 0.00243. The summed E-state index contributed by atoms with van der Waals surface area (Å²) >= 11 is 7.07. The van der Waals surface area contributed by atoms with Crippen LogP contribution in [0.25, 0.3) is 0 Å². The summed E-state index contributed by atoms with van der Waals surface area (Å²) in [4.78, 5) is 22.4. The van der Waals surface area contributed by atoms with Gasteiger partial charge in [-0.15, -0.1) is 5.10 Å². The summed E-state index contributed by atoms with van der Waals surface area (Å²) in [7, 11) is 0. The van der Waals surface area contributed by atoms with Gasteiger partial charge in [0.05, 0.1) is 27.6 Å². The van der Waals surface area contributed by atoms with Crippen LogP contribution < -0.4 is 5.32 Å². The highest BCUT2D eigenvalue weighted by Gasteiger charge is 2.14. The Labute approximate surface area is 155 Å². The molecule has 0 radical (unpaired) electrons. The fraction of sp³-hybridized carbons (Fsp3) is 0.143. The predicted molar refractivity (Wildman–Crippen MR) is 93.1 cm³/mol. The summed E-state index contributed by atoms with van der Waals surface area (Å²) in [5, 5.41) is 25.3. The number of nitro benzene ring substituents is 1. The highest BCUT2D eigenvalue weighted by Crippen LogP contribution is 2.27. The maximum absolute atomic E-state index is 12.1. The van der Waals surface area contributed by atoms with Gasteiger partial charge in [0.15, 0.2) is 0 Å². The number of hydrogen-bond donors (Lipinski definition) is 1. The van der Waals surface area contributed by atoms with Gasteiger partial charge in [-0.25, -0.2) is 4.68 Å². The van der Waals surface area contributed by atoms with Gasteiger partial charge in [0.1, 0.15) is 12.3 Å². The van der Waals surface area contributed by atoms with Gasteiger partial charge in [0.2, 0.25) is 11.1 Å². The topological polar surface area (TPSA) is 129 Å². The van der Waals surface area contributed by atoms with Crippen LogP contribution in [0, 0.1) is 10.1 Å². The molecular weight excluding hydrogens is 384 g/mol. The van der Waals surface area contributed by atoms with Gasteiger partial charge >= 0.3 is 0 Å². The van der Waals surface area contributed by atoms with Crippen molar-refractivity contribution in [3.63, 3.8) is 0 Å². The van der Waals surface area contributed by atoms with Crippen LogP contribution in [0.15, 0.2) is 46.2 Å². The van der Waals surface area contributed by atoms with Crippen LogP contribution in [-0.4, -0.2) is 36.8 Å². The van der Waals surface area contributed by atoms with E-state index in [1.807, 2.05) is 0 Å². The van der Waals surface area contributed by atoms with E-state index in [0.29, 0.717) is 17.5 Å². The van der Waals surface area contributed by atoms with E-state index in [0.717, 1.165) is 11.8 Å². The number of carbonyl (C=O) groups excluding carboxylic acids is 1. The predicted octanol–water partition coefficient (Wildman–Crippen LogP) is 2.61. The van der Waals surface area contributed by atoms with Gasteiger partial charge in [-0.2, -0.15) is 0 Å². The second-order valence-electron chi connectivity index (χ2n) is 4.96. The number of amides is 1. The number of anilines is 1. The number of tetrazole rings is 1. The maximum atomic E-state index is 12.1. The molecule has 3 aromatic rings. The Kier molecular flexibility index (Phi) is 5.49. The highest BCUT2D eigenvalue weighted by atomic mass is 35.5. The second-order valence-corrected chi connectivity index (χ2v) is 6.31. The first-order valence-electron chi connectivity index (χ1n) is 7.18. The Morgan fingerprint density at radius 1 is 1.42 bits per heavy atom. The minimum atomic E-state index is -0.566. The molecule has 0 atom stereocenters. The lowest BCUT2D eigenvalue weighted by atomic mass is 10.3. The minimum Gasteiger partial charge on any atom is -0.467 e. The monoisotopic (exact) mass is 394 g/mol. The number of furan rings is 1. The highest BCUT2D eigenvalue weighted by molar-refractivity contribution is 7.99. The summed E-state index contributed by atoms with van der Waals surface area (Å²) in [5.74, 6) is 0.272. The summed E-state index contributed by atoms with van der Waals surface area (Å²) in [5.41, 5.74) is 0.00129. The molecule has 1 N–H and O–H groups in total. The van der Waals surface area contributed by atoms with Gasteiger partial charge in [0, 0.05) is 12.1 Å². The Hall–Kier alpha value is -2.92. The van der Waals surface area contributed by atoms with Crippen molar-refractivity contribution in [1.29, 1.82) is 0 Å². The van der Waals surface area contributed by atoms with Crippen molar-refractivity contribution < 1.29 is 14.1 Å². The van der Waals surface area contributed by atoms with E-state index in [-0.39, 0.29) is 22.2 Å². The molecule has 1 aromatic carbocycles. The number of nitrogens with one attached hydrogen (secondary N) is 1. The van der Waals surface area contributed by atoms with Gasteiger partial charge in [0.25, 0.3) is 5.69 Å².